The second-order valence-corrected chi connectivity index (χ2v) is 4.15. The molecule has 5 heteroatoms. The molecule has 0 radical (unpaired) electrons. The smallest absolute Gasteiger partial charge is 0.327 e. The van der Waals surface area contributed by atoms with E-state index in [2.05, 4.69) is 10.9 Å². The Balaban J connectivity index is 2.04. The maximum absolute atomic E-state index is 11.8. The Morgan fingerprint density at radius 2 is 1.45 bits per heavy atom. The van der Waals surface area contributed by atoms with Crippen molar-refractivity contribution in [3.05, 3.63) is 71.8 Å². The minimum Gasteiger partial charge on any atom is -0.480 e. The Bertz CT molecular complexity index is 585. The van der Waals surface area contributed by atoms with Gasteiger partial charge in [0, 0.05) is 5.56 Å². The zero-order valence-corrected chi connectivity index (χ0v) is 10.6. The van der Waals surface area contributed by atoms with E-state index in [1.54, 1.807) is 60.7 Å². The van der Waals surface area contributed by atoms with Crippen molar-refractivity contribution in [2.45, 2.75) is 6.04 Å². The van der Waals surface area contributed by atoms with Gasteiger partial charge in [0.15, 0.2) is 0 Å². The third-order valence-electron chi connectivity index (χ3n) is 2.75. The first-order chi connectivity index (χ1) is 9.68. The lowest BCUT2D eigenvalue weighted by Gasteiger charge is -2.15. The van der Waals surface area contributed by atoms with Crippen molar-refractivity contribution in [3.8, 4) is 0 Å². The lowest BCUT2D eigenvalue weighted by molar-refractivity contribution is -0.139. The molecule has 0 aliphatic rings. The van der Waals surface area contributed by atoms with Crippen LogP contribution >= 0.6 is 0 Å². The second-order valence-electron chi connectivity index (χ2n) is 4.15. The van der Waals surface area contributed by atoms with E-state index in [9.17, 15) is 14.7 Å². The predicted octanol–water partition coefficient (Wildman–Crippen LogP) is 1.75. The van der Waals surface area contributed by atoms with Gasteiger partial charge in [0.25, 0.3) is 5.91 Å². The van der Waals surface area contributed by atoms with E-state index in [4.69, 9.17) is 0 Å². The van der Waals surface area contributed by atoms with Crippen LogP contribution in [-0.2, 0) is 4.79 Å². The molecule has 5 nitrogen and oxygen atoms in total. The maximum atomic E-state index is 11.8. The van der Waals surface area contributed by atoms with Gasteiger partial charge in [0.05, 0.1) is 0 Å². The zero-order chi connectivity index (χ0) is 14.4. The third-order valence-corrected chi connectivity index (χ3v) is 2.75. The number of carboxylic acid groups (broad SMARTS) is 1. The minimum absolute atomic E-state index is 0.382. The summed E-state index contributed by atoms with van der Waals surface area (Å²) in [5.74, 6) is -1.45. The highest BCUT2D eigenvalue weighted by molar-refractivity contribution is 5.94. The summed E-state index contributed by atoms with van der Waals surface area (Å²) in [5.41, 5.74) is 5.96. The summed E-state index contributed by atoms with van der Waals surface area (Å²) in [4.78, 5) is 23.1. The number of hydrogen-bond acceptors (Lipinski definition) is 3. The average molecular weight is 270 g/mol. The van der Waals surface area contributed by atoms with Crippen LogP contribution in [0.2, 0.25) is 0 Å². The molecule has 1 unspecified atom stereocenters. The van der Waals surface area contributed by atoms with E-state index < -0.39 is 12.0 Å². The number of aliphatic carboxylic acids is 1. The summed E-state index contributed by atoms with van der Waals surface area (Å²) in [5, 5.41) is 9.20. The number of benzene rings is 2. The molecule has 0 aromatic heterocycles. The van der Waals surface area contributed by atoms with Crippen molar-refractivity contribution in [2.24, 2.45) is 0 Å². The van der Waals surface area contributed by atoms with Crippen LogP contribution < -0.4 is 10.9 Å². The normalized spacial score (nSPS) is 11.6. The summed E-state index contributed by atoms with van der Waals surface area (Å²) in [7, 11) is 0. The largest absolute Gasteiger partial charge is 0.480 e. The first-order valence-electron chi connectivity index (χ1n) is 6.07. The number of nitrogens with one attached hydrogen (secondary N) is 2. The minimum atomic E-state index is -1.07. The number of hydrazine groups is 1. The summed E-state index contributed by atoms with van der Waals surface area (Å²) >= 11 is 0. The van der Waals surface area contributed by atoms with Crippen LogP contribution in [0.3, 0.4) is 0 Å². The molecule has 0 bridgehead atoms. The Morgan fingerprint density at radius 3 is 2.00 bits per heavy atom. The Hall–Kier alpha value is -2.66. The molecule has 0 aliphatic carbocycles. The molecule has 102 valence electrons. The zero-order valence-electron chi connectivity index (χ0n) is 10.6. The van der Waals surface area contributed by atoms with Crippen LogP contribution in [0.1, 0.15) is 22.0 Å². The standard InChI is InChI=1S/C15H14N2O3/c18-14(12-9-5-2-6-10-12)17-16-13(15(19)20)11-7-3-1-4-8-11/h1-10,13,16H,(H,17,18)(H,19,20). The predicted molar refractivity (Wildman–Crippen MR) is 73.9 cm³/mol. The molecule has 0 heterocycles. The van der Waals surface area contributed by atoms with Crippen molar-refractivity contribution < 1.29 is 14.7 Å². The number of carbonyl (C=O) groups excluding carboxylic acids is 1. The number of rotatable bonds is 5. The summed E-state index contributed by atoms with van der Waals surface area (Å²) in [6.07, 6.45) is 0. The van der Waals surface area contributed by atoms with E-state index in [0.717, 1.165) is 0 Å². The maximum Gasteiger partial charge on any atom is 0.327 e. The van der Waals surface area contributed by atoms with Crippen molar-refractivity contribution in [2.75, 3.05) is 0 Å². The number of carbonyl (C=O) groups is 2. The van der Waals surface area contributed by atoms with Gasteiger partial charge in [0.2, 0.25) is 0 Å². The van der Waals surface area contributed by atoms with Crippen molar-refractivity contribution in [1.29, 1.82) is 0 Å². The van der Waals surface area contributed by atoms with Crippen LogP contribution in [0.15, 0.2) is 60.7 Å². The molecule has 0 aliphatic heterocycles. The fraction of sp³-hybridized carbons (Fsp3) is 0.0667. The lowest BCUT2D eigenvalue weighted by atomic mass is 10.1. The van der Waals surface area contributed by atoms with Crippen LogP contribution in [0, 0.1) is 0 Å². The first-order valence-corrected chi connectivity index (χ1v) is 6.07. The molecule has 1 amide bonds. The molecule has 2 rings (SSSR count). The average Bonchev–Trinajstić information content (AvgIpc) is 2.49. The van der Waals surface area contributed by atoms with E-state index in [1.807, 2.05) is 0 Å². The summed E-state index contributed by atoms with van der Waals surface area (Å²) in [6, 6.07) is 16.2. The molecule has 0 saturated heterocycles. The summed E-state index contributed by atoms with van der Waals surface area (Å²) in [6.45, 7) is 0. The molecule has 1 atom stereocenters. The molecule has 2 aromatic rings. The van der Waals surface area contributed by atoms with Crippen LogP contribution in [-0.4, -0.2) is 17.0 Å². The van der Waals surface area contributed by atoms with Gasteiger partial charge < -0.3 is 5.11 Å². The molecule has 3 N–H and O–H groups in total. The SMILES string of the molecule is O=C(NNC(C(=O)O)c1ccccc1)c1ccccc1. The molecular formula is C15H14N2O3. The highest BCUT2D eigenvalue weighted by Gasteiger charge is 2.19. The van der Waals surface area contributed by atoms with Crippen LogP contribution in [0.5, 0.6) is 0 Å². The highest BCUT2D eigenvalue weighted by Crippen LogP contribution is 2.11. The number of carboxylic acids is 1. The van der Waals surface area contributed by atoms with E-state index >= 15 is 0 Å². The monoisotopic (exact) mass is 270 g/mol. The van der Waals surface area contributed by atoms with Gasteiger partial charge in [-0.1, -0.05) is 48.5 Å². The molecular weight excluding hydrogens is 256 g/mol. The topological polar surface area (TPSA) is 78.4 Å². The molecule has 20 heavy (non-hydrogen) atoms. The number of hydrogen-bond donors (Lipinski definition) is 3. The highest BCUT2D eigenvalue weighted by atomic mass is 16.4. The van der Waals surface area contributed by atoms with Crippen molar-refractivity contribution >= 4 is 11.9 Å². The Labute approximate surface area is 116 Å². The van der Waals surface area contributed by atoms with E-state index in [0.29, 0.717) is 11.1 Å². The molecule has 2 aromatic carbocycles. The van der Waals surface area contributed by atoms with Gasteiger partial charge >= 0.3 is 5.97 Å². The van der Waals surface area contributed by atoms with Crippen LogP contribution in [0.4, 0.5) is 0 Å². The van der Waals surface area contributed by atoms with Gasteiger partial charge in [-0.25, -0.2) is 5.43 Å². The van der Waals surface area contributed by atoms with Crippen LogP contribution in [0.25, 0.3) is 0 Å². The quantitative estimate of drug-likeness (QED) is 0.723. The molecule has 0 saturated carbocycles. The third kappa shape index (κ3) is 3.43. The van der Waals surface area contributed by atoms with Gasteiger partial charge in [-0.3, -0.25) is 15.0 Å². The first kappa shape index (κ1) is 13.8. The van der Waals surface area contributed by atoms with Crippen molar-refractivity contribution in [3.63, 3.8) is 0 Å². The fourth-order valence-corrected chi connectivity index (χ4v) is 1.73. The van der Waals surface area contributed by atoms with Gasteiger partial charge in [-0.05, 0) is 17.7 Å². The molecule has 0 fully saturated rings. The van der Waals surface area contributed by atoms with Gasteiger partial charge in [-0.15, -0.1) is 0 Å². The number of amides is 1. The van der Waals surface area contributed by atoms with E-state index in [1.165, 1.54) is 0 Å². The summed E-state index contributed by atoms with van der Waals surface area (Å²) < 4.78 is 0. The van der Waals surface area contributed by atoms with Gasteiger partial charge in [-0.2, -0.15) is 0 Å². The van der Waals surface area contributed by atoms with Crippen molar-refractivity contribution in [1.82, 2.24) is 10.9 Å². The lowest BCUT2D eigenvalue weighted by Crippen LogP contribution is -2.42. The Kier molecular flexibility index (Phi) is 4.47. The second kappa shape index (κ2) is 6.49. The Morgan fingerprint density at radius 1 is 0.900 bits per heavy atom. The molecule has 0 spiro atoms. The fourth-order valence-electron chi connectivity index (χ4n) is 1.73. The van der Waals surface area contributed by atoms with Gasteiger partial charge in [0.1, 0.15) is 6.04 Å². The van der Waals surface area contributed by atoms with E-state index in [-0.39, 0.29) is 5.91 Å².